The van der Waals surface area contributed by atoms with E-state index in [-0.39, 0.29) is 44.5 Å². The number of carbonyl (C=O) groups is 9. The second kappa shape index (κ2) is 35.7. The Morgan fingerprint density at radius 3 is 1.84 bits per heavy atom. The summed E-state index contributed by atoms with van der Waals surface area (Å²) in [5.74, 6) is -7.03. The molecule has 1 aromatic carbocycles. The molecule has 0 saturated heterocycles. The van der Waals surface area contributed by atoms with Crippen molar-refractivity contribution in [2.75, 3.05) is 32.8 Å². The number of nitrogens with one attached hydrogen (secondary N) is 12. The molecule has 87 heavy (non-hydrogen) atoms. The Morgan fingerprint density at radius 2 is 1.28 bits per heavy atom. The number of nitrogens with zero attached hydrogens (tertiary/aromatic N) is 2. The van der Waals surface area contributed by atoms with Gasteiger partial charge in [0, 0.05) is 67.9 Å². The van der Waals surface area contributed by atoms with Gasteiger partial charge in [-0.3, -0.25) is 47.4 Å². The third-order valence-electron chi connectivity index (χ3n) is 13.9. The van der Waals surface area contributed by atoms with E-state index >= 15 is 0 Å². The average molecular weight is 1320 g/mol. The SMILES string of the molecule is CC(=O)C(=O)N[C@@H](C(=S)N[C@H](CC[S@@](C)=O)C(=S)N[C@H](C)C(=O)N[C@@H](C)C(=S)N[C@@H](C)C(=S)N[C@H](C)C(=O)N[C@H]1C(=O)N[C@H](C(C)C)C(=O)N[C@@H](C)C(=O)N[C@@H](Cc2ccccc2)C(=O)N[C@H]([C@H](O)C2=CN(C)CN2C)C(=O)N/C=C\S[C@@H]1C)C(C)C. The minimum Gasteiger partial charge on any atom is -0.384 e. The van der Waals surface area contributed by atoms with Crippen LogP contribution in [0.5, 0.6) is 0 Å². The molecule has 0 radical (unpaired) electrons. The number of aliphatic hydroxyl groups excluding tert-OH is 1. The summed E-state index contributed by atoms with van der Waals surface area (Å²) in [6.07, 6.45) is 3.10. The molecule has 0 fully saturated rings. The number of Topliss-reactive ketones (excluding diaryl/α,β-unsaturated/α-hetero) is 1. The van der Waals surface area contributed by atoms with Crippen molar-refractivity contribution in [3.05, 3.63) is 59.4 Å². The van der Waals surface area contributed by atoms with Gasteiger partial charge in [0.2, 0.25) is 47.1 Å². The Bertz CT molecular complexity index is 2790. The summed E-state index contributed by atoms with van der Waals surface area (Å²) >= 11 is 23.7. The van der Waals surface area contributed by atoms with Crippen LogP contribution in [-0.2, 0) is 60.4 Å². The molecule has 3 rings (SSSR count). The maximum absolute atomic E-state index is 14.4. The summed E-state index contributed by atoms with van der Waals surface area (Å²) < 4.78 is 12.1. The van der Waals surface area contributed by atoms with Gasteiger partial charge in [-0.2, -0.15) is 0 Å². The lowest BCUT2D eigenvalue weighted by molar-refractivity contribution is -0.137. The lowest BCUT2D eigenvalue weighted by Gasteiger charge is -2.30. The zero-order chi connectivity index (χ0) is 65.7. The van der Waals surface area contributed by atoms with Gasteiger partial charge in [0.05, 0.1) is 56.5 Å². The average Bonchev–Trinajstić information content (AvgIpc) is 3.96. The maximum atomic E-state index is 14.4. The van der Waals surface area contributed by atoms with Gasteiger partial charge in [-0.15, -0.1) is 11.8 Å². The van der Waals surface area contributed by atoms with Gasteiger partial charge in [-0.1, -0.05) is 114 Å². The van der Waals surface area contributed by atoms with E-state index < -0.39 is 148 Å². The number of benzene rings is 1. The van der Waals surface area contributed by atoms with Crippen molar-refractivity contribution in [2.24, 2.45) is 11.8 Å². The first-order chi connectivity index (χ1) is 40.6. The number of likely N-dealkylation sites (N-methyl/N-ethyl adjacent to an activating group) is 1. The van der Waals surface area contributed by atoms with Crippen LogP contribution < -0.4 is 63.8 Å². The van der Waals surface area contributed by atoms with E-state index in [0.717, 1.165) is 18.7 Å². The molecule has 8 amide bonds. The van der Waals surface area contributed by atoms with Gasteiger partial charge in [-0.25, -0.2) is 0 Å². The van der Waals surface area contributed by atoms with Gasteiger partial charge in [0.15, 0.2) is 0 Å². The topological polar surface area (TPSA) is 342 Å². The second-order valence-corrected chi connectivity index (χ2v) is 26.8. The number of aliphatic hydroxyl groups is 1. The predicted octanol–water partition coefficient (Wildman–Crippen LogP) is -0.706. The molecule has 0 bridgehead atoms. The summed E-state index contributed by atoms with van der Waals surface area (Å²) in [5.41, 5.74) is 0.994. The number of rotatable bonds is 23. The molecule has 0 saturated carbocycles. The lowest BCUT2D eigenvalue weighted by Crippen LogP contribution is -2.62. The van der Waals surface area contributed by atoms with Crippen molar-refractivity contribution in [2.45, 2.75) is 167 Å². The van der Waals surface area contributed by atoms with Crippen LogP contribution in [0.4, 0.5) is 0 Å². The number of ketones is 1. The third kappa shape index (κ3) is 24.0. The molecule has 2 aliphatic rings. The van der Waals surface area contributed by atoms with Gasteiger partial charge >= 0.3 is 0 Å². The molecule has 14 atom stereocenters. The van der Waals surface area contributed by atoms with Gasteiger partial charge in [-0.05, 0) is 63.8 Å². The quantitative estimate of drug-likeness (QED) is 0.0476. The second-order valence-electron chi connectivity index (χ2n) is 22.2. The number of hydrogen-bond donors (Lipinski definition) is 13. The van der Waals surface area contributed by atoms with Crippen LogP contribution in [0.3, 0.4) is 0 Å². The fraction of sp³-hybridized carbons (Fsp3) is 0.589. The van der Waals surface area contributed by atoms with Crippen molar-refractivity contribution in [1.82, 2.24) is 73.6 Å². The molecule has 0 aliphatic carbocycles. The molecular weight excluding hydrogens is 1240 g/mol. The van der Waals surface area contributed by atoms with Crippen LogP contribution in [0.25, 0.3) is 0 Å². The smallest absolute Gasteiger partial charge is 0.287 e. The van der Waals surface area contributed by atoms with E-state index in [1.54, 1.807) is 102 Å². The van der Waals surface area contributed by atoms with E-state index in [2.05, 4.69) is 63.8 Å². The van der Waals surface area contributed by atoms with Crippen LogP contribution in [0.15, 0.2) is 53.8 Å². The summed E-state index contributed by atoms with van der Waals surface area (Å²) in [5, 5.41) is 46.1. The predicted molar refractivity (Wildman–Crippen MR) is 353 cm³/mol. The number of carbonyl (C=O) groups excluding carboxylic acids is 9. The monoisotopic (exact) mass is 1320 g/mol. The highest BCUT2D eigenvalue weighted by atomic mass is 32.2. The highest BCUT2D eigenvalue weighted by Gasteiger charge is 2.39. The van der Waals surface area contributed by atoms with Crippen LogP contribution >= 0.6 is 60.6 Å². The standard InChI is InChI=1S/C56H86N14O11S6/c1-27(2)40-51(79)58-29(5)46(74)63-38(24-36-18-16-15-17-19-36)49(77)68-43(44(72)39-25-69(12)26-70(39)13)50(78)57-21-22-86-35(11)42(52(80)65-40)67-47(75)31(7)60-54(83)33(9)62-53(82)32(8)59-45(73)30(6)61-55(84)37(20-23-87(14)81)64-56(85)41(28(3)4)66-48(76)34(10)71/h15-19,21-22,25,27-33,35,37-38,40-44,72H,20,23-24,26H2,1-14H3,(H,57,78)(H,58,79)(H,59,73)(H,60,83)(H,61,84)(H,62,82)(H,63,74)(H,64,85)(H,65,80)(H,66,76)(H,67,75)(H,68,77)/b22-21-/t29-,30+,31+,32-,33-,35+,37+,38-,40+,41+,42+,43+,44+,87+/m0/s1. The first kappa shape index (κ1) is 75.0. The Morgan fingerprint density at radius 1 is 0.701 bits per heavy atom. The zero-order valence-corrected chi connectivity index (χ0v) is 56.4. The minimum absolute atomic E-state index is 0.0239. The summed E-state index contributed by atoms with van der Waals surface area (Å²) in [4.78, 5) is 126. The summed E-state index contributed by atoms with van der Waals surface area (Å²) in [6.45, 7) is 18.0. The first-order valence-corrected chi connectivity index (χ1v) is 32.5. The molecule has 2 heterocycles. The van der Waals surface area contributed by atoms with E-state index in [0.29, 0.717) is 17.9 Å². The van der Waals surface area contributed by atoms with E-state index in [9.17, 15) is 52.5 Å². The number of thiocarbonyl (C=S) groups is 4. The Labute approximate surface area is 538 Å². The fourth-order valence-electron chi connectivity index (χ4n) is 8.60. The number of thioether (sulfide) groups is 1. The van der Waals surface area contributed by atoms with Gasteiger partial charge in [0.25, 0.3) is 5.91 Å². The normalized spacial score (nSPS) is 23.0. The van der Waals surface area contributed by atoms with E-state index in [4.69, 9.17) is 48.9 Å². The molecule has 0 spiro atoms. The van der Waals surface area contributed by atoms with Crippen LogP contribution in [0.1, 0.15) is 88.1 Å². The van der Waals surface area contributed by atoms with Crippen LogP contribution in [0.2, 0.25) is 0 Å². The molecule has 1 aromatic rings. The largest absolute Gasteiger partial charge is 0.384 e. The minimum atomic E-state index is -1.59. The third-order valence-corrected chi connectivity index (χ3v) is 17.4. The highest BCUT2D eigenvalue weighted by Crippen LogP contribution is 2.21. The molecule has 31 heteroatoms. The van der Waals surface area contributed by atoms with Crippen molar-refractivity contribution in [3.63, 3.8) is 0 Å². The van der Waals surface area contributed by atoms with Crippen molar-refractivity contribution in [3.8, 4) is 0 Å². The van der Waals surface area contributed by atoms with Crippen molar-refractivity contribution < 1.29 is 52.5 Å². The molecule has 0 unspecified atom stereocenters. The van der Waals surface area contributed by atoms with Gasteiger partial charge in [0.1, 0.15) is 48.4 Å². The molecule has 25 nitrogen and oxygen atoms in total. The highest BCUT2D eigenvalue weighted by molar-refractivity contribution is 8.02. The molecule has 0 aromatic heterocycles. The Balaban J connectivity index is 1.79. The van der Waals surface area contributed by atoms with E-state index in [1.807, 2.05) is 13.8 Å². The zero-order valence-electron chi connectivity index (χ0n) is 51.5. The lowest BCUT2D eigenvalue weighted by atomic mass is 10.0. The van der Waals surface area contributed by atoms with Crippen molar-refractivity contribution in [1.29, 1.82) is 0 Å². The Kier molecular flexibility index (Phi) is 30.8. The maximum Gasteiger partial charge on any atom is 0.287 e. The first-order valence-electron chi connectivity index (χ1n) is 28.2. The van der Waals surface area contributed by atoms with Crippen LogP contribution in [0, 0.1) is 11.8 Å². The Hall–Kier alpha value is -6.25. The van der Waals surface area contributed by atoms with Crippen molar-refractivity contribution >= 4 is 144 Å². The number of hydrogen-bond acceptors (Lipinski definition) is 18. The summed E-state index contributed by atoms with van der Waals surface area (Å²) in [7, 11) is 2.27. The molecule has 13 N–H and O–H groups in total. The van der Waals surface area contributed by atoms with Crippen LogP contribution in [-0.4, -0.2) is 203 Å². The van der Waals surface area contributed by atoms with Gasteiger partial charge < -0.3 is 78.7 Å². The molecule has 2 aliphatic heterocycles. The number of amides is 8. The molecule has 482 valence electrons. The summed E-state index contributed by atoms with van der Waals surface area (Å²) in [6, 6.07) is -2.72. The fourth-order valence-corrected chi connectivity index (χ4v) is 11.2. The van der Waals surface area contributed by atoms with E-state index in [1.165, 1.54) is 31.7 Å². The molecular formula is C56H86N14O11S6.